The minimum absolute atomic E-state index is 0.231. The third-order valence-corrected chi connectivity index (χ3v) is 3.83. The molecule has 1 unspecified atom stereocenters. The minimum Gasteiger partial charge on any atom is -0.382 e. The highest BCUT2D eigenvalue weighted by molar-refractivity contribution is 5.47. The van der Waals surface area contributed by atoms with Gasteiger partial charge in [0.25, 0.3) is 0 Å². The lowest BCUT2D eigenvalue weighted by Crippen LogP contribution is -2.52. The highest BCUT2D eigenvalue weighted by Gasteiger charge is 2.38. The smallest absolute Gasteiger partial charge is 0.382 e. The van der Waals surface area contributed by atoms with Gasteiger partial charge in [0.2, 0.25) is 0 Å². The van der Waals surface area contributed by atoms with E-state index in [4.69, 9.17) is 5.11 Å². The summed E-state index contributed by atoms with van der Waals surface area (Å²) in [7, 11) is 0. The van der Waals surface area contributed by atoms with Crippen LogP contribution < -0.4 is 10.2 Å². The molecule has 0 radical (unpaired) electrons. The van der Waals surface area contributed by atoms with Gasteiger partial charge in [0.05, 0.1) is 0 Å². The molecule has 0 spiro atoms. The summed E-state index contributed by atoms with van der Waals surface area (Å²) in [5.41, 5.74) is 0.672. The molecule has 1 saturated heterocycles. The lowest BCUT2D eigenvalue weighted by atomic mass is 10.0. The van der Waals surface area contributed by atoms with Crippen LogP contribution in [0.4, 0.5) is 19.0 Å². The van der Waals surface area contributed by atoms with E-state index in [2.05, 4.69) is 20.6 Å². The molecule has 0 amide bonds. The number of halogens is 3. The molecule has 2 aromatic heterocycles. The molecular weight excluding hydrogens is 313 g/mol. The zero-order chi connectivity index (χ0) is 16.6. The molecule has 23 heavy (non-hydrogen) atoms. The van der Waals surface area contributed by atoms with E-state index in [0.717, 1.165) is 5.82 Å². The first-order chi connectivity index (χ1) is 10.8. The van der Waals surface area contributed by atoms with Crippen LogP contribution in [0.2, 0.25) is 0 Å². The minimum atomic E-state index is -4.57. The second-order valence-electron chi connectivity index (χ2n) is 5.70. The van der Waals surface area contributed by atoms with Crippen molar-refractivity contribution in [2.45, 2.75) is 19.2 Å². The number of aryl methyl sites for hydroxylation is 1. The molecule has 0 bridgehead atoms. The topological polar surface area (TPSA) is 78.6 Å². The van der Waals surface area contributed by atoms with Crippen molar-refractivity contribution in [2.24, 2.45) is 5.92 Å². The van der Waals surface area contributed by atoms with Crippen LogP contribution in [0.5, 0.6) is 0 Å². The highest BCUT2D eigenvalue weighted by atomic mass is 19.4. The number of rotatable bonds is 5. The summed E-state index contributed by atoms with van der Waals surface area (Å²) < 4.78 is 38.2. The van der Waals surface area contributed by atoms with E-state index in [1.54, 1.807) is 4.52 Å². The van der Waals surface area contributed by atoms with Crippen molar-refractivity contribution in [1.82, 2.24) is 25.1 Å². The van der Waals surface area contributed by atoms with Gasteiger partial charge in [0.15, 0.2) is 17.6 Å². The van der Waals surface area contributed by atoms with Crippen molar-refractivity contribution in [1.29, 1.82) is 0 Å². The van der Waals surface area contributed by atoms with Crippen molar-refractivity contribution in [3.63, 3.8) is 0 Å². The molecule has 1 fully saturated rings. The number of hydrogen-bond donors (Lipinski definition) is 2. The molecule has 1 aliphatic heterocycles. The Morgan fingerprint density at radius 1 is 1.35 bits per heavy atom. The fourth-order valence-corrected chi connectivity index (χ4v) is 2.48. The maximum absolute atomic E-state index is 12.2. The summed E-state index contributed by atoms with van der Waals surface area (Å²) >= 11 is 0. The van der Waals surface area contributed by atoms with Gasteiger partial charge in [-0.3, -0.25) is 0 Å². The van der Waals surface area contributed by atoms with Crippen LogP contribution in [0, 0.1) is 12.8 Å². The fourth-order valence-electron chi connectivity index (χ4n) is 2.48. The monoisotopic (exact) mass is 330 g/mol. The molecule has 7 nitrogen and oxygen atoms in total. The van der Waals surface area contributed by atoms with Crippen molar-refractivity contribution in [2.75, 3.05) is 31.1 Å². The molecule has 0 aliphatic carbocycles. The van der Waals surface area contributed by atoms with Crippen molar-refractivity contribution >= 4 is 11.5 Å². The molecule has 0 aromatic carbocycles. The van der Waals surface area contributed by atoms with E-state index < -0.39 is 18.8 Å². The molecule has 126 valence electrons. The summed E-state index contributed by atoms with van der Waals surface area (Å²) in [6.45, 7) is 3.16. The summed E-state index contributed by atoms with van der Waals surface area (Å²) in [5, 5.41) is 23.9. The molecule has 10 heteroatoms. The maximum atomic E-state index is 12.2. The van der Waals surface area contributed by atoms with Gasteiger partial charge in [-0.25, -0.2) is 0 Å². The second-order valence-corrected chi connectivity index (χ2v) is 5.70. The predicted octanol–water partition coefficient (Wildman–Crippen LogP) is 0.382. The number of alkyl halides is 3. The predicted molar refractivity (Wildman–Crippen MR) is 76.2 cm³/mol. The standard InChI is InChI=1S/C13H17F3N6O/c1-8-18-19-11-2-3-12(20-22(8)11)21-6-9(7-21)4-17-5-10(23)13(14,15)16/h2-3,9-10,17,23H,4-7H2,1H3. The molecule has 1 aliphatic rings. The Bertz CT molecular complexity index is 682. The Kier molecular flexibility index (Phi) is 4.11. The Balaban J connectivity index is 1.48. The van der Waals surface area contributed by atoms with Crippen LogP contribution in [0.15, 0.2) is 12.1 Å². The Labute approximate surface area is 130 Å². The van der Waals surface area contributed by atoms with Crippen LogP contribution in [0.3, 0.4) is 0 Å². The Morgan fingerprint density at radius 2 is 2.09 bits per heavy atom. The number of aliphatic hydroxyl groups excluding tert-OH is 1. The van der Waals surface area contributed by atoms with Gasteiger partial charge in [-0.1, -0.05) is 0 Å². The summed E-state index contributed by atoms with van der Waals surface area (Å²) in [5.74, 6) is 1.71. The number of anilines is 1. The summed E-state index contributed by atoms with van der Waals surface area (Å²) in [4.78, 5) is 2.03. The van der Waals surface area contributed by atoms with Gasteiger partial charge in [0.1, 0.15) is 5.82 Å². The first-order valence-corrected chi connectivity index (χ1v) is 7.24. The van der Waals surface area contributed by atoms with Crippen molar-refractivity contribution in [3.8, 4) is 0 Å². The summed E-state index contributed by atoms with van der Waals surface area (Å²) in [6, 6.07) is 3.67. The fraction of sp³-hybridized carbons (Fsp3) is 0.615. The quantitative estimate of drug-likeness (QED) is 0.825. The first-order valence-electron chi connectivity index (χ1n) is 7.24. The van der Waals surface area contributed by atoms with Crippen LogP contribution in [0.1, 0.15) is 5.82 Å². The zero-order valence-electron chi connectivity index (χ0n) is 12.5. The van der Waals surface area contributed by atoms with E-state index >= 15 is 0 Å². The molecule has 3 rings (SSSR count). The molecular formula is C13H17F3N6O. The molecule has 2 N–H and O–H groups in total. The van der Waals surface area contributed by atoms with E-state index in [1.807, 2.05) is 24.0 Å². The average molecular weight is 330 g/mol. The third-order valence-electron chi connectivity index (χ3n) is 3.83. The Morgan fingerprint density at radius 3 is 2.78 bits per heavy atom. The van der Waals surface area contributed by atoms with Gasteiger partial charge < -0.3 is 15.3 Å². The number of aromatic nitrogens is 4. The SMILES string of the molecule is Cc1nnc2ccc(N3CC(CNCC(O)C(F)(F)F)C3)nn12. The van der Waals surface area contributed by atoms with Gasteiger partial charge in [0, 0.05) is 32.1 Å². The molecule has 0 saturated carbocycles. The Hall–Kier alpha value is -1.94. The third kappa shape index (κ3) is 3.37. The van der Waals surface area contributed by atoms with Crippen LogP contribution in [-0.4, -0.2) is 63.4 Å². The largest absolute Gasteiger partial charge is 0.415 e. The van der Waals surface area contributed by atoms with Crippen LogP contribution >= 0.6 is 0 Å². The van der Waals surface area contributed by atoms with E-state index in [0.29, 0.717) is 31.1 Å². The number of nitrogens with one attached hydrogen (secondary N) is 1. The van der Waals surface area contributed by atoms with Crippen molar-refractivity contribution < 1.29 is 18.3 Å². The average Bonchev–Trinajstić information content (AvgIpc) is 2.81. The number of nitrogens with zero attached hydrogens (tertiary/aromatic N) is 5. The number of aliphatic hydroxyl groups is 1. The van der Waals surface area contributed by atoms with E-state index in [1.165, 1.54) is 0 Å². The second kappa shape index (κ2) is 5.93. The van der Waals surface area contributed by atoms with Crippen molar-refractivity contribution in [3.05, 3.63) is 18.0 Å². The van der Waals surface area contributed by atoms with Crippen LogP contribution in [0.25, 0.3) is 5.65 Å². The lowest BCUT2D eigenvalue weighted by Gasteiger charge is -2.40. The highest BCUT2D eigenvalue weighted by Crippen LogP contribution is 2.23. The van der Waals surface area contributed by atoms with Gasteiger partial charge in [-0.2, -0.15) is 17.7 Å². The first kappa shape index (κ1) is 15.9. The van der Waals surface area contributed by atoms with Gasteiger partial charge >= 0.3 is 6.18 Å². The molecule has 1 atom stereocenters. The number of fused-ring (bicyclic) bond motifs is 1. The molecule has 3 heterocycles. The maximum Gasteiger partial charge on any atom is 0.415 e. The molecule has 2 aromatic rings. The van der Waals surface area contributed by atoms with E-state index in [9.17, 15) is 13.2 Å². The van der Waals surface area contributed by atoms with Gasteiger partial charge in [-0.05, 0) is 19.1 Å². The summed E-state index contributed by atoms with van der Waals surface area (Å²) in [6.07, 6.45) is -6.89. The van der Waals surface area contributed by atoms with Gasteiger partial charge in [-0.15, -0.1) is 15.3 Å². The lowest BCUT2D eigenvalue weighted by molar-refractivity contribution is -0.201. The zero-order valence-corrected chi connectivity index (χ0v) is 12.5. The van der Waals surface area contributed by atoms with E-state index in [-0.39, 0.29) is 5.92 Å². The number of hydrogen-bond acceptors (Lipinski definition) is 6. The normalized spacial score (nSPS) is 17.5. The van der Waals surface area contributed by atoms with Crippen LogP contribution in [-0.2, 0) is 0 Å².